The van der Waals surface area contributed by atoms with Crippen LogP contribution in [0.2, 0.25) is 0 Å². The zero-order valence-corrected chi connectivity index (χ0v) is 17.2. The van der Waals surface area contributed by atoms with E-state index in [1.165, 1.54) is 24.6 Å². The van der Waals surface area contributed by atoms with Gasteiger partial charge < -0.3 is 5.32 Å². The van der Waals surface area contributed by atoms with Crippen molar-refractivity contribution < 1.29 is 4.79 Å². The minimum atomic E-state index is -0.221. The molecule has 5 nitrogen and oxygen atoms in total. The predicted octanol–water partition coefficient (Wildman–Crippen LogP) is 4.43. The summed E-state index contributed by atoms with van der Waals surface area (Å²) in [5.41, 5.74) is 0.984. The molecular formula is C19H23BrN4OS. The van der Waals surface area contributed by atoms with Gasteiger partial charge in [-0.3, -0.25) is 9.36 Å². The first kappa shape index (κ1) is 19.2. The molecule has 0 spiro atoms. The molecule has 0 aliphatic heterocycles. The van der Waals surface area contributed by atoms with Gasteiger partial charge in [0.25, 0.3) is 0 Å². The first-order valence-electron chi connectivity index (χ1n) is 8.85. The summed E-state index contributed by atoms with van der Waals surface area (Å²) < 4.78 is 3.02. The molecule has 1 unspecified atom stereocenters. The van der Waals surface area contributed by atoms with E-state index in [2.05, 4.69) is 38.0 Å². The van der Waals surface area contributed by atoms with Crippen molar-refractivity contribution in [3.8, 4) is 11.4 Å². The number of nitrogens with zero attached hydrogens (tertiary/aromatic N) is 3. The Hall–Kier alpha value is -1.60. The third-order valence-corrected chi connectivity index (χ3v) is 6.09. The van der Waals surface area contributed by atoms with Gasteiger partial charge in [0, 0.05) is 22.6 Å². The van der Waals surface area contributed by atoms with E-state index in [-0.39, 0.29) is 11.2 Å². The van der Waals surface area contributed by atoms with Gasteiger partial charge in [-0.05, 0) is 31.9 Å². The van der Waals surface area contributed by atoms with Gasteiger partial charge in [-0.25, -0.2) is 0 Å². The lowest BCUT2D eigenvalue weighted by Gasteiger charge is -2.16. The van der Waals surface area contributed by atoms with Crippen LogP contribution in [0.1, 0.15) is 32.6 Å². The van der Waals surface area contributed by atoms with Gasteiger partial charge in [-0.1, -0.05) is 58.7 Å². The van der Waals surface area contributed by atoms with Crippen molar-refractivity contribution in [3.63, 3.8) is 0 Å². The van der Waals surface area contributed by atoms with Crippen LogP contribution in [0.4, 0.5) is 0 Å². The molecule has 3 rings (SSSR count). The Morgan fingerprint density at radius 2 is 2.08 bits per heavy atom. The number of rotatable bonds is 7. The van der Waals surface area contributed by atoms with Crippen LogP contribution in [0.15, 0.2) is 46.5 Å². The number of thioether (sulfide) groups is 1. The average Bonchev–Trinajstić information content (AvgIpc) is 3.27. The number of hydrogen-bond donors (Lipinski definition) is 1. The van der Waals surface area contributed by atoms with Gasteiger partial charge >= 0.3 is 0 Å². The molecule has 7 heteroatoms. The van der Waals surface area contributed by atoms with Crippen LogP contribution < -0.4 is 5.32 Å². The maximum absolute atomic E-state index is 12.5. The number of amides is 1. The third-order valence-electron chi connectivity index (χ3n) is 4.48. The molecular weight excluding hydrogens is 412 g/mol. The summed E-state index contributed by atoms with van der Waals surface area (Å²) in [6, 6.07) is 8.28. The number of halogens is 1. The van der Waals surface area contributed by atoms with E-state index in [1.807, 2.05) is 41.8 Å². The molecule has 1 aromatic carbocycles. The Kier molecular flexibility index (Phi) is 6.53. The molecule has 1 aromatic heterocycles. The molecule has 1 N–H and O–H groups in total. The highest BCUT2D eigenvalue weighted by molar-refractivity contribution is 9.10. The summed E-state index contributed by atoms with van der Waals surface area (Å²) in [6.07, 6.45) is 6.40. The van der Waals surface area contributed by atoms with Crippen LogP contribution in [-0.2, 0) is 11.3 Å². The normalized spacial score (nSPS) is 15.8. The van der Waals surface area contributed by atoms with Crippen LogP contribution in [0.5, 0.6) is 0 Å². The second kappa shape index (κ2) is 8.86. The van der Waals surface area contributed by atoms with Crippen molar-refractivity contribution in [1.82, 2.24) is 20.1 Å². The van der Waals surface area contributed by atoms with E-state index in [1.54, 1.807) is 0 Å². The first-order valence-corrected chi connectivity index (χ1v) is 10.5. The monoisotopic (exact) mass is 434 g/mol. The fraction of sp³-hybridized carbons (Fsp3) is 0.421. The van der Waals surface area contributed by atoms with Gasteiger partial charge in [0.05, 0.1) is 5.25 Å². The molecule has 0 radical (unpaired) electrons. The number of aromatic nitrogens is 3. The Morgan fingerprint density at radius 3 is 2.73 bits per heavy atom. The Morgan fingerprint density at radius 1 is 1.38 bits per heavy atom. The number of allylic oxidation sites excluding steroid dienone is 1. The van der Waals surface area contributed by atoms with Gasteiger partial charge in [-0.2, -0.15) is 0 Å². The van der Waals surface area contributed by atoms with Gasteiger partial charge in [0.15, 0.2) is 11.0 Å². The number of hydrogen-bond acceptors (Lipinski definition) is 4. The van der Waals surface area contributed by atoms with E-state index in [0.29, 0.717) is 12.6 Å². The molecule has 1 aliphatic rings. The summed E-state index contributed by atoms with van der Waals surface area (Å²) in [7, 11) is 0. The summed E-state index contributed by atoms with van der Waals surface area (Å²) in [6.45, 7) is 6.35. The first-order chi connectivity index (χ1) is 12.6. The molecule has 26 heavy (non-hydrogen) atoms. The van der Waals surface area contributed by atoms with Crippen molar-refractivity contribution in [2.24, 2.45) is 0 Å². The SMILES string of the molecule is C=CCn1c(SC(C)C(=O)NC2CCCC2)nnc1-c1ccc(Br)cc1. The maximum Gasteiger partial charge on any atom is 0.233 e. The minimum absolute atomic E-state index is 0.0697. The van der Waals surface area contributed by atoms with E-state index in [9.17, 15) is 4.79 Å². The quantitative estimate of drug-likeness (QED) is 0.516. The molecule has 0 saturated heterocycles. The summed E-state index contributed by atoms with van der Waals surface area (Å²) in [4.78, 5) is 12.5. The maximum atomic E-state index is 12.5. The minimum Gasteiger partial charge on any atom is -0.352 e. The third kappa shape index (κ3) is 4.57. The molecule has 1 heterocycles. The highest BCUT2D eigenvalue weighted by atomic mass is 79.9. The van der Waals surface area contributed by atoms with Crippen LogP contribution >= 0.6 is 27.7 Å². The molecule has 1 atom stereocenters. The summed E-state index contributed by atoms with van der Waals surface area (Å²) >= 11 is 4.89. The molecule has 1 saturated carbocycles. The number of nitrogens with one attached hydrogen (secondary N) is 1. The summed E-state index contributed by atoms with van der Waals surface area (Å²) in [5, 5.41) is 12.3. The van der Waals surface area contributed by atoms with E-state index in [0.717, 1.165) is 33.9 Å². The van der Waals surface area contributed by atoms with Crippen LogP contribution in [0, 0.1) is 0 Å². The lowest BCUT2D eigenvalue weighted by atomic mass is 10.2. The van der Waals surface area contributed by atoms with Gasteiger partial charge in [0.1, 0.15) is 0 Å². The summed E-state index contributed by atoms with van der Waals surface area (Å²) in [5.74, 6) is 0.851. The molecule has 0 bridgehead atoms. The largest absolute Gasteiger partial charge is 0.352 e. The van der Waals surface area contributed by atoms with Crippen molar-refractivity contribution in [2.75, 3.05) is 0 Å². The highest BCUT2D eigenvalue weighted by Crippen LogP contribution is 2.28. The van der Waals surface area contributed by atoms with E-state index < -0.39 is 0 Å². The van der Waals surface area contributed by atoms with Crippen molar-refractivity contribution in [1.29, 1.82) is 0 Å². The standard InChI is InChI=1S/C19H23BrN4OS/c1-3-12-24-17(14-8-10-15(20)11-9-14)22-23-19(24)26-13(2)18(25)21-16-6-4-5-7-16/h3,8-11,13,16H,1,4-7,12H2,2H3,(H,21,25). The Labute approximate surface area is 166 Å². The van der Waals surface area contributed by atoms with Crippen molar-refractivity contribution in [2.45, 2.75) is 55.6 Å². The predicted molar refractivity (Wildman–Crippen MR) is 109 cm³/mol. The molecule has 1 amide bonds. The molecule has 1 aliphatic carbocycles. The smallest absolute Gasteiger partial charge is 0.233 e. The lowest BCUT2D eigenvalue weighted by molar-refractivity contribution is -0.120. The van der Waals surface area contributed by atoms with Crippen LogP contribution in [0.3, 0.4) is 0 Å². The molecule has 138 valence electrons. The molecule has 2 aromatic rings. The van der Waals surface area contributed by atoms with E-state index in [4.69, 9.17) is 0 Å². The Balaban J connectivity index is 1.75. The van der Waals surface area contributed by atoms with Gasteiger partial charge in [0.2, 0.25) is 5.91 Å². The average molecular weight is 435 g/mol. The van der Waals surface area contributed by atoms with Gasteiger partial charge in [-0.15, -0.1) is 16.8 Å². The van der Waals surface area contributed by atoms with Crippen molar-refractivity contribution in [3.05, 3.63) is 41.4 Å². The second-order valence-corrected chi connectivity index (χ2v) is 8.69. The van der Waals surface area contributed by atoms with Crippen LogP contribution in [0.25, 0.3) is 11.4 Å². The second-order valence-electron chi connectivity index (χ2n) is 6.46. The van der Waals surface area contributed by atoms with E-state index >= 15 is 0 Å². The topological polar surface area (TPSA) is 59.8 Å². The highest BCUT2D eigenvalue weighted by Gasteiger charge is 2.23. The number of carbonyl (C=O) groups is 1. The number of benzene rings is 1. The molecule has 1 fully saturated rings. The zero-order chi connectivity index (χ0) is 18.5. The van der Waals surface area contributed by atoms with Crippen LogP contribution in [-0.4, -0.2) is 32.0 Å². The zero-order valence-electron chi connectivity index (χ0n) is 14.8. The lowest BCUT2D eigenvalue weighted by Crippen LogP contribution is -2.37. The number of carbonyl (C=O) groups excluding carboxylic acids is 1. The van der Waals surface area contributed by atoms with Crippen molar-refractivity contribution >= 4 is 33.6 Å². The fourth-order valence-electron chi connectivity index (χ4n) is 3.08. The Bertz CT molecular complexity index is 768. The fourth-order valence-corrected chi connectivity index (χ4v) is 4.21.